The average Bonchev–Trinajstić information content (AvgIpc) is 2.17. The van der Waals surface area contributed by atoms with Crippen molar-refractivity contribution in [1.82, 2.24) is 0 Å². The van der Waals surface area contributed by atoms with Crippen LogP contribution in [0.1, 0.15) is 37.4 Å². The summed E-state index contributed by atoms with van der Waals surface area (Å²) in [6.45, 7) is 4.29. The Morgan fingerprint density at radius 1 is 1.43 bits per heavy atom. The van der Waals surface area contributed by atoms with Gasteiger partial charge in [0, 0.05) is 6.04 Å². The van der Waals surface area contributed by atoms with Crippen molar-refractivity contribution >= 4 is 0 Å². The second kappa shape index (κ2) is 4.78. The van der Waals surface area contributed by atoms with Gasteiger partial charge in [0.2, 0.25) is 0 Å². The van der Waals surface area contributed by atoms with Crippen LogP contribution in [0.15, 0.2) is 24.3 Å². The molecule has 1 aromatic carbocycles. The molecule has 0 amide bonds. The van der Waals surface area contributed by atoms with Crippen molar-refractivity contribution < 1.29 is 0 Å². The lowest BCUT2D eigenvalue weighted by Gasteiger charge is -2.14. The van der Waals surface area contributed by atoms with Gasteiger partial charge in [0.15, 0.2) is 0 Å². The topological polar surface area (TPSA) is 49.8 Å². The minimum atomic E-state index is 0.0447. The predicted molar refractivity (Wildman–Crippen MR) is 57.5 cm³/mol. The molecule has 1 atom stereocenters. The highest BCUT2D eigenvalue weighted by atomic mass is 14.6. The van der Waals surface area contributed by atoms with Crippen LogP contribution in [0.5, 0.6) is 0 Å². The number of rotatable bonds is 3. The van der Waals surface area contributed by atoms with Crippen LogP contribution in [0.4, 0.5) is 0 Å². The van der Waals surface area contributed by atoms with Gasteiger partial charge < -0.3 is 5.73 Å². The monoisotopic (exact) mass is 188 g/mol. The van der Waals surface area contributed by atoms with Gasteiger partial charge in [0.05, 0.1) is 11.6 Å². The summed E-state index contributed by atoms with van der Waals surface area (Å²) < 4.78 is 0. The first-order valence-electron chi connectivity index (χ1n) is 4.89. The lowest BCUT2D eigenvalue weighted by Crippen LogP contribution is -2.12. The highest BCUT2D eigenvalue weighted by Gasteiger charge is 2.08. The molecule has 2 N–H and O–H groups in total. The van der Waals surface area contributed by atoms with Crippen molar-refractivity contribution in [3.05, 3.63) is 35.4 Å². The van der Waals surface area contributed by atoms with Gasteiger partial charge in [0.25, 0.3) is 0 Å². The van der Waals surface area contributed by atoms with E-state index in [2.05, 4.69) is 19.9 Å². The first-order chi connectivity index (χ1) is 6.63. The third-order valence-corrected chi connectivity index (χ3v) is 2.17. The molecule has 14 heavy (non-hydrogen) atoms. The Bertz CT molecular complexity index is 336. The van der Waals surface area contributed by atoms with E-state index in [0.29, 0.717) is 11.5 Å². The molecule has 0 aliphatic carbocycles. The van der Waals surface area contributed by atoms with Gasteiger partial charge in [-0.3, -0.25) is 0 Å². The van der Waals surface area contributed by atoms with Gasteiger partial charge in [-0.1, -0.05) is 26.0 Å². The number of hydrogen-bond donors (Lipinski definition) is 1. The van der Waals surface area contributed by atoms with Crippen LogP contribution in [-0.4, -0.2) is 0 Å². The zero-order valence-electron chi connectivity index (χ0n) is 8.70. The highest BCUT2D eigenvalue weighted by molar-refractivity contribution is 5.34. The molecule has 0 aliphatic heterocycles. The SMILES string of the molecule is CC(C)CC(N)c1cccc(C#N)c1. The molecule has 1 aromatic rings. The van der Waals surface area contributed by atoms with E-state index < -0.39 is 0 Å². The summed E-state index contributed by atoms with van der Waals surface area (Å²) in [6.07, 6.45) is 0.953. The van der Waals surface area contributed by atoms with E-state index in [1.807, 2.05) is 18.2 Å². The molecule has 0 aliphatic rings. The van der Waals surface area contributed by atoms with Crippen molar-refractivity contribution in [2.45, 2.75) is 26.3 Å². The molecule has 2 heteroatoms. The smallest absolute Gasteiger partial charge is 0.0991 e. The van der Waals surface area contributed by atoms with Crippen LogP contribution >= 0.6 is 0 Å². The van der Waals surface area contributed by atoms with Gasteiger partial charge in [-0.15, -0.1) is 0 Å². The lowest BCUT2D eigenvalue weighted by molar-refractivity contribution is 0.510. The minimum absolute atomic E-state index is 0.0447. The summed E-state index contributed by atoms with van der Waals surface area (Å²) in [5, 5.41) is 8.73. The fraction of sp³-hybridized carbons (Fsp3) is 0.417. The molecule has 0 bridgehead atoms. The second-order valence-corrected chi connectivity index (χ2v) is 3.97. The quantitative estimate of drug-likeness (QED) is 0.792. The van der Waals surface area contributed by atoms with Crippen LogP contribution in [-0.2, 0) is 0 Å². The average molecular weight is 188 g/mol. The van der Waals surface area contributed by atoms with Gasteiger partial charge >= 0.3 is 0 Å². The van der Waals surface area contributed by atoms with Crippen molar-refractivity contribution in [2.24, 2.45) is 11.7 Å². The van der Waals surface area contributed by atoms with E-state index in [1.54, 1.807) is 6.07 Å². The molecule has 1 unspecified atom stereocenters. The summed E-state index contributed by atoms with van der Waals surface area (Å²) in [7, 11) is 0. The maximum Gasteiger partial charge on any atom is 0.0991 e. The Hall–Kier alpha value is -1.33. The van der Waals surface area contributed by atoms with Crippen LogP contribution in [0, 0.1) is 17.2 Å². The molecular formula is C12H16N2. The largest absolute Gasteiger partial charge is 0.324 e. The maximum absolute atomic E-state index is 8.73. The van der Waals surface area contributed by atoms with Crippen LogP contribution < -0.4 is 5.73 Å². The molecule has 0 saturated carbocycles. The van der Waals surface area contributed by atoms with Crippen molar-refractivity contribution in [3.63, 3.8) is 0 Å². The summed E-state index contributed by atoms with van der Waals surface area (Å²) in [4.78, 5) is 0. The third-order valence-electron chi connectivity index (χ3n) is 2.17. The van der Waals surface area contributed by atoms with E-state index in [9.17, 15) is 0 Å². The molecule has 1 rings (SSSR count). The molecule has 0 spiro atoms. The Kier molecular flexibility index (Phi) is 3.67. The Morgan fingerprint density at radius 2 is 2.14 bits per heavy atom. The number of benzene rings is 1. The normalized spacial score (nSPS) is 12.5. The van der Waals surface area contributed by atoms with Gasteiger partial charge in [-0.05, 0) is 30.0 Å². The summed E-state index contributed by atoms with van der Waals surface area (Å²) in [6, 6.07) is 9.69. The molecule has 0 heterocycles. The molecule has 74 valence electrons. The van der Waals surface area contributed by atoms with Crippen LogP contribution in [0.25, 0.3) is 0 Å². The van der Waals surface area contributed by atoms with Gasteiger partial charge in [-0.25, -0.2) is 0 Å². The third kappa shape index (κ3) is 2.86. The first-order valence-corrected chi connectivity index (χ1v) is 4.89. The van der Waals surface area contributed by atoms with Crippen molar-refractivity contribution in [1.29, 1.82) is 5.26 Å². The minimum Gasteiger partial charge on any atom is -0.324 e. The van der Waals surface area contributed by atoms with E-state index in [1.165, 1.54) is 0 Å². The highest BCUT2D eigenvalue weighted by Crippen LogP contribution is 2.19. The summed E-state index contributed by atoms with van der Waals surface area (Å²) in [5.74, 6) is 0.579. The standard InChI is InChI=1S/C12H16N2/c1-9(2)6-12(14)11-5-3-4-10(7-11)8-13/h3-5,7,9,12H,6,14H2,1-2H3. The second-order valence-electron chi connectivity index (χ2n) is 3.97. The van der Waals surface area contributed by atoms with E-state index in [0.717, 1.165) is 12.0 Å². The zero-order valence-corrected chi connectivity index (χ0v) is 8.70. The molecular weight excluding hydrogens is 172 g/mol. The zero-order chi connectivity index (χ0) is 10.6. The maximum atomic E-state index is 8.73. The number of nitriles is 1. The fourth-order valence-corrected chi connectivity index (χ4v) is 1.48. The van der Waals surface area contributed by atoms with Crippen molar-refractivity contribution in [2.75, 3.05) is 0 Å². The Morgan fingerprint density at radius 3 is 2.71 bits per heavy atom. The van der Waals surface area contributed by atoms with Crippen LogP contribution in [0.3, 0.4) is 0 Å². The van der Waals surface area contributed by atoms with E-state index >= 15 is 0 Å². The number of nitrogens with two attached hydrogens (primary N) is 1. The van der Waals surface area contributed by atoms with E-state index in [4.69, 9.17) is 11.0 Å². The van der Waals surface area contributed by atoms with E-state index in [-0.39, 0.29) is 6.04 Å². The summed E-state index contributed by atoms with van der Waals surface area (Å²) in [5.41, 5.74) is 7.75. The molecule has 0 radical (unpaired) electrons. The summed E-state index contributed by atoms with van der Waals surface area (Å²) >= 11 is 0. The number of nitrogens with zero attached hydrogens (tertiary/aromatic N) is 1. The van der Waals surface area contributed by atoms with Gasteiger partial charge in [-0.2, -0.15) is 5.26 Å². The molecule has 0 fully saturated rings. The first kappa shape index (κ1) is 10.7. The Balaban J connectivity index is 2.80. The lowest BCUT2D eigenvalue weighted by atomic mass is 9.97. The number of hydrogen-bond acceptors (Lipinski definition) is 2. The van der Waals surface area contributed by atoms with Crippen molar-refractivity contribution in [3.8, 4) is 6.07 Å². The van der Waals surface area contributed by atoms with Gasteiger partial charge in [0.1, 0.15) is 0 Å². The predicted octanol–water partition coefficient (Wildman–Crippen LogP) is 2.60. The molecule has 2 nitrogen and oxygen atoms in total. The van der Waals surface area contributed by atoms with Crippen LogP contribution in [0.2, 0.25) is 0 Å². The molecule has 0 saturated heterocycles. The molecule has 0 aromatic heterocycles. The fourth-order valence-electron chi connectivity index (χ4n) is 1.48. The Labute approximate surface area is 85.4 Å².